The molecule has 1 heterocycles. The molecule has 0 aromatic rings. The Bertz CT molecular complexity index is 1850. The molecule has 1 fully saturated rings. The van der Waals surface area contributed by atoms with Crippen molar-refractivity contribution in [3.8, 4) is 0 Å². The van der Waals surface area contributed by atoms with Crippen molar-refractivity contribution in [2.75, 3.05) is 13.2 Å². The standard InChI is InChI=1S/C65H100O12/c1-4-7-10-13-16-19-22-25-27-28-29-30-32-34-36-39-42-45-48-51-57(66)73-54-56(75-58(67)52-49-46-43-40-38-35-31-26-23-20-17-14-11-8-5-2)55-74-65-63(61(70)60(69)62(77-65)64(71)72)76-59(68)53-50-47-44-41-37-33-24-21-18-15-12-9-6-3/h7-8,10-11,16-17,19-21,24-27,29-31,34,36,38,40,42,45,56,60-63,65,69-70H,4-6,9,12-15,18,22-23,28,32-33,35,37,39,41,43-44,46-55H2,1-3H3,(H,71,72)/b10-7-,11-8-,19-16-,20-17-,24-21-,27-25-,30-29-,31-26-,36-34-,40-38-,45-42-. The van der Waals surface area contributed by atoms with Crippen molar-refractivity contribution in [2.45, 2.75) is 237 Å². The summed E-state index contributed by atoms with van der Waals surface area (Å²) in [5.41, 5.74) is 0. The van der Waals surface area contributed by atoms with E-state index in [1.165, 1.54) is 25.7 Å². The van der Waals surface area contributed by atoms with E-state index in [1.54, 1.807) is 0 Å². The number of carbonyl (C=O) groups is 4. The predicted molar refractivity (Wildman–Crippen MR) is 312 cm³/mol. The number of ether oxygens (including phenoxy) is 5. The molecule has 1 rings (SSSR count). The number of hydrogen-bond acceptors (Lipinski definition) is 11. The van der Waals surface area contributed by atoms with Gasteiger partial charge in [0.15, 0.2) is 24.6 Å². The van der Waals surface area contributed by atoms with E-state index in [0.717, 1.165) is 109 Å². The highest BCUT2D eigenvalue weighted by Gasteiger charge is 2.50. The number of esters is 3. The van der Waals surface area contributed by atoms with Gasteiger partial charge in [-0.15, -0.1) is 0 Å². The van der Waals surface area contributed by atoms with Gasteiger partial charge in [-0.25, -0.2) is 4.79 Å². The number of hydrogen-bond donors (Lipinski definition) is 3. The third kappa shape index (κ3) is 41.6. The fraction of sp³-hybridized carbons (Fsp3) is 0.600. The van der Waals surface area contributed by atoms with Gasteiger partial charge in [0.05, 0.1) is 6.61 Å². The van der Waals surface area contributed by atoms with E-state index in [4.69, 9.17) is 23.7 Å². The molecular weight excluding hydrogens is 973 g/mol. The van der Waals surface area contributed by atoms with Gasteiger partial charge in [-0.2, -0.15) is 0 Å². The average molecular weight is 1070 g/mol. The maximum atomic E-state index is 13.1. The Morgan fingerprint density at radius 1 is 0.442 bits per heavy atom. The van der Waals surface area contributed by atoms with Crippen molar-refractivity contribution < 1.29 is 58.2 Å². The van der Waals surface area contributed by atoms with Crippen LogP contribution in [0.25, 0.3) is 0 Å². The topological polar surface area (TPSA) is 175 Å². The smallest absolute Gasteiger partial charge is 0.335 e. The molecule has 0 aliphatic carbocycles. The SMILES string of the molecule is CC/C=C\C/C=C\C/C=C\C/C=C\C/C=C\C/C=C\CCC(=O)OCC(COC1OC(C(=O)O)C(O)C(O)C1OC(=O)CCCCCCC/C=C\CCCCCC)OC(=O)CCCC/C=C\C/C=C\C/C=C\C/C=C\CC. The second kappa shape index (κ2) is 51.6. The van der Waals surface area contributed by atoms with Gasteiger partial charge in [-0.1, -0.05) is 193 Å². The quantitative estimate of drug-likeness (QED) is 0.0228. The lowest BCUT2D eigenvalue weighted by molar-refractivity contribution is -0.301. The lowest BCUT2D eigenvalue weighted by atomic mass is 9.98. The normalized spacial score (nSPS) is 19.0. The maximum absolute atomic E-state index is 13.1. The van der Waals surface area contributed by atoms with Crippen LogP contribution in [0.15, 0.2) is 134 Å². The molecule has 0 aromatic carbocycles. The second-order valence-corrected chi connectivity index (χ2v) is 19.2. The Balaban J connectivity index is 2.79. The lowest BCUT2D eigenvalue weighted by Gasteiger charge is -2.40. The highest BCUT2D eigenvalue weighted by atomic mass is 16.7. The van der Waals surface area contributed by atoms with Crippen LogP contribution in [0.5, 0.6) is 0 Å². The zero-order valence-electron chi connectivity index (χ0n) is 47.4. The molecule has 0 aromatic heterocycles. The number of aliphatic hydroxyl groups is 2. The van der Waals surface area contributed by atoms with Crippen molar-refractivity contribution in [2.24, 2.45) is 0 Å². The first-order valence-electron chi connectivity index (χ1n) is 29.2. The first-order valence-corrected chi connectivity index (χ1v) is 29.2. The van der Waals surface area contributed by atoms with Gasteiger partial charge >= 0.3 is 23.9 Å². The third-order valence-corrected chi connectivity index (χ3v) is 12.2. The van der Waals surface area contributed by atoms with Crippen molar-refractivity contribution in [3.05, 3.63) is 134 Å². The molecule has 1 aliphatic rings. The number of rotatable bonds is 47. The molecule has 0 bridgehead atoms. The Hall–Kier alpha value is -5.14. The first-order chi connectivity index (χ1) is 37.6. The van der Waals surface area contributed by atoms with Crippen LogP contribution in [0, 0.1) is 0 Å². The highest BCUT2D eigenvalue weighted by molar-refractivity contribution is 5.74. The summed E-state index contributed by atoms with van der Waals surface area (Å²) in [7, 11) is 0. The van der Waals surface area contributed by atoms with E-state index in [1.807, 2.05) is 12.2 Å². The van der Waals surface area contributed by atoms with E-state index in [0.29, 0.717) is 25.7 Å². The summed E-state index contributed by atoms with van der Waals surface area (Å²) in [5.74, 6) is -3.32. The average Bonchev–Trinajstić information content (AvgIpc) is 3.42. The Morgan fingerprint density at radius 3 is 1.34 bits per heavy atom. The number of aliphatic hydroxyl groups excluding tert-OH is 2. The van der Waals surface area contributed by atoms with Crippen LogP contribution in [0.2, 0.25) is 0 Å². The minimum absolute atomic E-state index is 0.0309. The van der Waals surface area contributed by atoms with Gasteiger partial charge in [0.1, 0.15) is 18.8 Å². The summed E-state index contributed by atoms with van der Waals surface area (Å²) < 4.78 is 28.3. The number of unbranched alkanes of at least 4 members (excludes halogenated alkanes) is 11. The van der Waals surface area contributed by atoms with Crippen LogP contribution >= 0.6 is 0 Å². The molecule has 6 atom stereocenters. The van der Waals surface area contributed by atoms with E-state index in [9.17, 15) is 34.5 Å². The summed E-state index contributed by atoms with van der Waals surface area (Å²) in [6, 6.07) is 0. The molecule has 0 saturated carbocycles. The van der Waals surface area contributed by atoms with Crippen LogP contribution in [0.4, 0.5) is 0 Å². The summed E-state index contributed by atoms with van der Waals surface area (Å²) in [6.07, 6.45) is 60.1. The molecule has 432 valence electrons. The van der Waals surface area contributed by atoms with Gasteiger partial charge in [0.25, 0.3) is 0 Å². The molecule has 1 aliphatic heterocycles. The largest absolute Gasteiger partial charge is 0.479 e. The van der Waals surface area contributed by atoms with Crippen molar-refractivity contribution in [1.82, 2.24) is 0 Å². The molecule has 12 nitrogen and oxygen atoms in total. The van der Waals surface area contributed by atoms with Crippen LogP contribution in [-0.4, -0.2) is 89.2 Å². The monoisotopic (exact) mass is 1070 g/mol. The van der Waals surface area contributed by atoms with Gasteiger partial charge in [-0.05, 0) is 122 Å². The van der Waals surface area contributed by atoms with Crippen molar-refractivity contribution >= 4 is 23.9 Å². The molecular formula is C65H100O12. The number of allylic oxidation sites excluding steroid dienone is 22. The summed E-state index contributed by atoms with van der Waals surface area (Å²) in [6.45, 7) is 5.62. The molecule has 77 heavy (non-hydrogen) atoms. The Morgan fingerprint density at radius 2 is 0.844 bits per heavy atom. The number of carboxylic acids is 1. The van der Waals surface area contributed by atoms with Crippen LogP contribution in [-0.2, 0) is 42.9 Å². The zero-order valence-corrected chi connectivity index (χ0v) is 47.4. The number of carbonyl (C=O) groups excluding carboxylic acids is 3. The second-order valence-electron chi connectivity index (χ2n) is 19.2. The van der Waals surface area contributed by atoms with Crippen molar-refractivity contribution in [1.29, 1.82) is 0 Å². The fourth-order valence-electron chi connectivity index (χ4n) is 7.79. The Labute approximate surface area is 464 Å². The maximum Gasteiger partial charge on any atom is 0.335 e. The van der Waals surface area contributed by atoms with Gasteiger partial charge in [-0.3, -0.25) is 14.4 Å². The number of carboxylic acid groups (broad SMARTS) is 1. The lowest BCUT2D eigenvalue weighted by Crippen LogP contribution is -2.61. The summed E-state index contributed by atoms with van der Waals surface area (Å²) in [4.78, 5) is 51.1. The van der Waals surface area contributed by atoms with E-state index in [-0.39, 0.29) is 25.9 Å². The molecule has 3 N–H and O–H groups in total. The molecule has 0 amide bonds. The van der Waals surface area contributed by atoms with E-state index < -0.39 is 67.3 Å². The molecule has 1 saturated heterocycles. The first kappa shape index (κ1) is 69.9. The zero-order chi connectivity index (χ0) is 56.1. The minimum atomic E-state index is -1.93. The van der Waals surface area contributed by atoms with Gasteiger partial charge in [0, 0.05) is 19.3 Å². The Kier molecular flexibility index (Phi) is 46.8. The molecule has 0 radical (unpaired) electrons. The van der Waals surface area contributed by atoms with E-state index in [2.05, 4.69) is 142 Å². The molecule has 6 unspecified atom stereocenters. The van der Waals surface area contributed by atoms with Crippen LogP contribution in [0.1, 0.15) is 201 Å². The molecule has 12 heteroatoms. The van der Waals surface area contributed by atoms with Gasteiger partial charge < -0.3 is 39.0 Å². The van der Waals surface area contributed by atoms with Gasteiger partial charge in [0.2, 0.25) is 0 Å². The fourth-order valence-corrected chi connectivity index (χ4v) is 7.79. The van der Waals surface area contributed by atoms with E-state index >= 15 is 0 Å². The summed E-state index contributed by atoms with van der Waals surface area (Å²) in [5, 5.41) is 31.4. The van der Waals surface area contributed by atoms with Crippen molar-refractivity contribution in [3.63, 3.8) is 0 Å². The minimum Gasteiger partial charge on any atom is -0.479 e. The number of aliphatic carboxylic acids is 1. The molecule has 0 spiro atoms. The van der Waals surface area contributed by atoms with Crippen LogP contribution in [0.3, 0.4) is 0 Å². The summed E-state index contributed by atoms with van der Waals surface area (Å²) >= 11 is 0. The van der Waals surface area contributed by atoms with Crippen LogP contribution < -0.4 is 0 Å². The highest BCUT2D eigenvalue weighted by Crippen LogP contribution is 2.26. The predicted octanol–water partition coefficient (Wildman–Crippen LogP) is 15.0. The third-order valence-electron chi connectivity index (χ3n) is 12.2.